The van der Waals surface area contributed by atoms with Gasteiger partial charge in [0.05, 0.1) is 0 Å². The highest BCUT2D eigenvalue weighted by Gasteiger charge is 2.23. The second-order valence-corrected chi connectivity index (χ2v) is 4.63. The summed E-state index contributed by atoms with van der Waals surface area (Å²) in [4.78, 5) is 37.9. The third kappa shape index (κ3) is 2.67. The lowest BCUT2D eigenvalue weighted by Crippen LogP contribution is -2.38. The fourth-order valence-corrected chi connectivity index (χ4v) is 1.89. The van der Waals surface area contributed by atoms with Crippen molar-refractivity contribution in [2.75, 3.05) is 0 Å². The molecule has 0 unspecified atom stereocenters. The molecule has 2 heterocycles. The minimum Gasteiger partial charge on any atom is -0.430 e. The highest BCUT2D eigenvalue weighted by molar-refractivity contribution is 5.45. The highest BCUT2D eigenvalue weighted by Crippen LogP contribution is 2.29. The van der Waals surface area contributed by atoms with Gasteiger partial charge in [0, 0.05) is 21.0 Å². The maximum Gasteiger partial charge on any atom is 0.407 e. The summed E-state index contributed by atoms with van der Waals surface area (Å²) in [6.45, 7) is 1.56. The number of rotatable bonds is 3. The van der Waals surface area contributed by atoms with Crippen molar-refractivity contribution in [3.05, 3.63) is 54.3 Å². The van der Waals surface area contributed by atoms with Gasteiger partial charge in [0.1, 0.15) is 11.8 Å². The molecule has 0 saturated carbocycles. The summed E-state index contributed by atoms with van der Waals surface area (Å²) in [6.07, 6.45) is 0. The van der Waals surface area contributed by atoms with Crippen LogP contribution in [-0.4, -0.2) is 19.0 Å². The van der Waals surface area contributed by atoms with Gasteiger partial charge < -0.3 is 14.9 Å². The van der Waals surface area contributed by atoms with Crippen molar-refractivity contribution in [2.45, 2.75) is 6.92 Å². The average molecular weight is 317 g/mol. The van der Waals surface area contributed by atoms with E-state index in [1.54, 1.807) is 13.0 Å². The van der Waals surface area contributed by atoms with Crippen LogP contribution in [0.25, 0.3) is 0 Å². The molecular formula is C13H11N5O5. The van der Waals surface area contributed by atoms with Gasteiger partial charge in [-0.1, -0.05) is 0 Å². The Labute approximate surface area is 129 Å². The zero-order chi connectivity index (χ0) is 17.3. The monoisotopic (exact) mass is 317 g/mol. The lowest BCUT2D eigenvalue weighted by atomic mass is 10.3. The van der Waals surface area contributed by atoms with Crippen LogP contribution in [0.2, 0.25) is 0 Å². The summed E-state index contributed by atoms with van der Waals surface area (Å²) >= 11 is 0. The number of hydrogen-bond acceptors (Lipinski definition) is 7. The van der Waals surface area contributed by atoms with E-state index in [2.05, 4.69) is 4.98 Å². The Morgan fingerprint density at radius 1 is 1.30 bits per heavy atom. The maximum atomic E-state index is 12.0. The van der Waals surface area contributed by atoms with E-state index in [9.17, 15) is 19.7 Å². The number of pyridine rings is 1. The molecule has 2 rings (SSSR count). The van der Waals surface area contributed by atoms with Crippen LogP contribution >= 0.6 is 0 Å². The van der Waals surface area contributed by atoms with Gasteiger partial charge in [0.2, 0.25) is 11.6 Å². The molecule has 0 spiro atoms. The van der Waals surface area contributed by atoms with Crippen LogP contribution in [0.15, 0.2) is 21.7 Å². The molecule has 10 heteroatoms. The Kier molecular flexibility index (Phi) is 3.96. The van der Waals surface area contributed by atoms with Gasteiger partial charge in [0.15, 0.2) is 5.56 Å². The van der Waals surface area contributed by atoms with Crippen LogP contribution in [0.3, 0.4) is 0 Å². The zero-order valence-electron chi connectivity index (χ0n) is 12.4. The van der Waals surface area contributed by atoms with E-state index in [0.29, 0.717) is 5.69 Å². The van der Waals surface area contributed by atoms with Crippen LogP contribution in [0, 0.1) is 28.4 Å². The Bertz CT molecular complexity index is 966. The van der Waals surface area contributed by atoms with E-state index < -0.39 is 27.6 Å². The average Bonchev–Trinajstić information content (AvgIpc) is 2.52. The highest BCUT2D eigenvalue weighted by atomic mass is 16.6. The maximum absolute atomic E-state index is 12.0. The minimum atomic E-state index is -0.853. The summed E-state index contributed by atoms with van der Waals surface area (Å²) in [5.41, 5.74) is -1.63. The van der Waals surface area contributed by atoms with E-state index in [1.165, 1.54) is 26.2 Å². The topological polar surface area (TPSA) is 133 Å². The third-order valence-corrected chi connectivity index (χ3v) is 3.08. The Hall–Kier alpha value is -3.48. The summed E-state index contributed by atoms with van der Waals surface area (Å²) in [5.74, 6) is -1.24. The lowest BCUT2D eigenvalue weighted by molar-refractivity contribution is -0.390. The molecule has 0 radical (unpaired) electrons. The Morgan fingerprint density at radius 3 is 2.52 bits per heavy atom. The Morgan fingerprint density at radius 2 is 1.96 bits per heavy atom. The number of nitro groups is 1. The van der Waals surface area contributed by atoms with E-state index in [1.807, 2.05) is 0 Å². The third-order valence-electron chi connectivity index (χ3n) is 3.08. The number of hydrogen-bond donors (Lipinski definition) is 0. The van der Waals surface area contributed by atoms with Crippen LogP contribution in [0.4, 0.5) is 5.82 Å². The second-order valence-electron chi connectivity index (χ2n) is 4.63. The van der Waals surface area contributed by atoms with E-state index in [0.717, 1.165) is 9.13 Å². The van der Waals surface area contributed by atoms with Crippen molar-refractivity contribution in [3.63, 3.8) is 0 Å². The predicted octanol–water partition coefficient (Wildman–Crippen LogP) is 0.360. The number of nitriles is 1. The van der Waals surface area contributed by atoms with Crippen molar-refractivity contribution in [1.82, 2.24) is 14.1 Å². The van der Waals surface area contributed by atoms with Crippen molar-refractivity contribution in [2.24, 2.45) is 14.1 Å². The number of nitrogens with zero attached hydrogens (tertiary/aromatic N) is 5. The molecule has 118 valence electrons. The molecule has 0 aliphatic heterocycles. The van der Waals surface area contributed by atoms with E-state index in [4.69, 9.17) is 10.00 Å². The van der Waals surface area contributed by atoms with Crippen molar-refractivity contribution >= 4 is 5.82 Å². The summed E-state index contributed by atoms with van der Waals surface area (Å²) in [7, 11) is 2.50. The predicted molar refractivity (Wildman–Crippen MR) is 77.3 cm³/mol. The van der Waals surface area contributed by atoms with Crippen LogP contribution < -0.4 is 16.0 Å². The fourth-order valence-electron chi connectivity index (χ4n) is 1.89. The quantitative estimate of drug-likeness (QED) is 0.589. The number of ether oxygens (including phenoxy) is 1. The number of aryl methyl sites for hydroxylation is 1. The first-order valence-electron chi connectivity index (χ1n) is 6.28. The molecule has 10 nitrogen and oxygen atoms in total. The van der Waals surface area contributed by atoms with Crippen molar-refractivity contribution in [3.8, 4) is 17.7 Å². The van der Waals surface area contributed by atoms with Gasteiger partial charge in [-0.25, -0.2) is 4.79 Å². The molecule has 0 aliphatic carbocycles. The Balaban J connectivity index is 2.72. The molecule has 2 aromatic rings. The summed E-state index contributed by atoms with van der Waals surface area (Å²) in [5, 5.41) is 20.2. The zero-order valence-corrected chi connectivity index (χ0v) is 12.4. The van der Waals surface area contributed by atoms with E-state index in [-0.39, 0.29) is 11.6 Å². The fraction of sp³-hybridized carbons (Fsp3) is 0.231. The molecule has 0 atom stereocenters. The normalized spacial score (nSPS) is 10.2. The minimum absolute atomic E-state index is 0.277. The van der Waals surface area contributed by atoms with Gasteiger partial charge in [-0.2, -0.15) is 5.26 Å². The van der Waals surface area contributed by atoms with Gasteiger partial charge >= 0.3 is 11.5 Å². The largest absolute Gasteiger partial charge is 0.430 e. The van der Waals surface area contributed by atoms with Gasteiger partial charge in [-0.15, -0.1) is 0 Å². The summed E-state index contributed by atoms with van der Waals surface area (Å²) < 4.78 is 6.98. The number of aromatic nitrogens is 3. The summed E-state index contributed by atoms with van der Waals surface area (Å²) in [6, 6.07) is 4.39. The molecule has 0 bridgehead atoms. The van der Waals surface area contributed by atoms with Crippen molar-refractivity contribution in [1.29, 1.82) is 5.26 Å². The second kappa shape index (κ2) is 5.72. The van der Waals surface area contributed by atoms with Crippen LogP contribution in [0.1, 0.15) is 11.3 Å². The lowest BCUT2D eigenvalue weighted by Gasteiger charge is -2.12. The van der Waals surface area contributed by atoms with Crippen molar-refractivity contribution < 1.29 is 9.66 Å². The standard InChI is InChI=1S/C13H11N5O5/c1-7-4-5-9(10(15-7)18(21)22)23-12-8(6-14)11(19)16(2)13(20)17(12)3/h4-5H,1-3H3. The van der Waals surface area contributed by atoms with Gasteiger partial charge in [-0.05, 0) is 22.0 Å². The molecule has 0 fully saturated rings. The first-order valence-corrected chi connectivity index (χ1v) is 6.28. The first-order chi connectivity index (χ1) is 10.8. The molecule has 0 saturated heterocycles. The van der Waals surface area contributed by atoms with Crippen LogP contribution in [-0.2, 0) is 14.1 Å². The van der Waals surface area contributed by atoms with Gasteiger partial charge in [-0.3, -0.25) is 13.9 Å². The van der Waals surface area contributed by atoms with Gasteiger partial charge in [0.25, 0.3) is 5.56 Å². The molecule has 0 N–H and O–H groups in total. The molecule has 23 heavy (non-hydrogen) atoms. The molecule has 0 aliphatic rings. The first kappa shape index (κ1) is 15.9. The smallest absolute Gasteiger partial charge is 0.407 e. The van der Waals surface area contributed by atoms with E-state index >= 15 is 0 Å². The molecule has 2 aromatic heterocycles. The molecular weight excluding hydrogens is 306 g/mol. The SMILES string of the molecule is Cc1ccc(Oc2c(C#N)c(=O)n(C)c(=O)n2C)c([N+](=O)[O-])n1. The molecule has 0 aromatic carbocycles. The molecule has 0 amide bonds. The van der Waals surface area contributed by atoms with Crippen LogP contribution in [0.5, 0.6) is 11.6 Å².